The molecule has 0 N–H and O–H groups in total. The third kappa shape index (κ3) is 4.37. The molecule has 0 radical (unpaired) electrons. The van der Waals surface area contributed by atoms with E-state index in [1.54, 1.807) is 9.13 Å². The van der Waals surface area contributed by atoms with E-state index in [1.165, 1.54) is 24.3 Å². The van der Waals surface area contributed by atoms with Crippen LogP contribution in [0.2, 0.25) is 0 Å². The van der Waals surface area contributed by atoms with Gasteiger partial charge in [0, 0.05) is 35.3 Å². The summed E-state index contributed by atoms with van der Waals surface area (Å²) < 4.78 is 31.8. The van der Waals surface area contributed by atoms with Crippen LogP contribution in [0.1, 0.15) is 41.5 Å². The second-order valence-corrected chi connectivity index (χ2v) is 9.13. The first kappa shape index (κ1) is 22.3. The first-order valence-corrected chi connectivity index (χ1v) is 9.63. The van der Waals surface area contributed by atoms with Crippen LogP contribution in [-0.2, 0) is 11.1 Å². The maximum absolute atomic E-state index is 14.1. The van der Waals surface area contributed by atoms with E-state index in [-0.39, 0.29) is 5.69 Å². The first-order chi connectivity index (χ1) is 14.3. The van der Waals surface area contributed by atoms with Gasteiger partial charge in [-0.25, -0.2) is 8.78 Å². The van der Waals surface area contributed by atoms with E-state index in [0.29, 0.717) is 22.3 Å². The Hall–Kier alpha value is -3.43. The van der Waals surface area contributed by atoms with Crippen LogP contribution < -0.4 is 5.62 Å². The lowest BCUT2D eigenvalue weighted by atomic mass is 10.1. The molecule has 3 aromatic rings. The fourth-order valence-corrected chi connectivity index (χ4v) is 3.37. The predicted molar refractivity (Wildman–Crippen MR) is 113 cm³/mol. The molecule has 0 unspecified atom stereocenters. The number of imidazole rings is 1. The summed E-state index contributed by atoms with van der Waals surface area (Å²) >= 11 is 0. The Balaban J connectivity index is 2.28. The second kappa shape index (κ2) is 7.68. The number of benzene rings is 2. The van der Waals surface area contributed by atoms with Gasteiger partial charge in [0.05, 0.1) is 21.6 Å². The van der Waals surface area contributed by atoms with Crippen molar-refractivity contribution in [1.29, 1.82) is 0 Å². The average molecular weight is 430 g/mol. The normalized spacial score (nSPS) is 12.6. The molecule has 0 bridgehead atoms. The van der Waals surface area contributed by atoms with Gasteiger partial charge in [-0.05, 0) is 58.9 Å². The average Bonchev–Trinajstić information content (AvgIpc) is 2.96. The van der Waals surface area contributed by atoms with Gasteiger partial charge in [-0.1, -0.05) is 5.10 Å². The molecule has 164 valence electrons. The summed E-state index contributed by atoms with van der Waals surface area (Å²) in [5, 5.41) is 23.0. The highest BCUT2D eigenvalue weighted by Crippen LogP contribution is 2.27. The smallest absolute Gasteiger partial charge is 0.269 e. The molecule has 0 spiro atoms. The van der Waals surface area contributed by atoms with Gasteiger partial charge in [0.1, 0.15) is 0 Å². The minimum Gasteiger partial charge on any atom is -0.303 e. The van der Waals surface area contributed by atoms with E-state index in [4.69, 9.17) is 0 Å². The Bertz CT molecular complexity index is 1180. The zero-order valence-corrected chi connectivity index (χ0v) is 18.2. The molecule has 10 heteroatoms. The molecular formula is C21H24F2N6O2. The van der Waals surface area contributed by atoms with Gasteiger partial charge in [-0.15, -0.1) is 5.11 Å². The summed E-state index contributed by atoms with van der Waals surface area (Å²) in [5.74, 6) is -1.90. The number of aromatic nitrogens is 2. The number of halogens is 2. The van der Waals surface area contributed by atoms with E-state index < -0.39 is 27.6 Å². The Labute approximate surface area is 177 Å². The quantitative estimate of drug-likeness (QED) is 0.301. The van der Waals surface area contributed by atoms with E-state index in [2.05, 4.69) is 15.4 Å². The van der Waals surface area contributed by atoms with Gasteiger partial charge in [-0.3, -0.25) is 10.1 Å². The number of fused-ring (bicyclic) bond motifs is 1. The summed E-state index contributed by atoms with van der Waals surface area (Å²) in [6, 6.07) is 7.87. The summed E-state index contributed by atoms with van der Waals surface area (Å²) in [4.78, 5) is 10.3. The molecule has 0 atom stereocenters. The van der Waals surface area contributed by atoms with Crippen LogP contribution in [0, 0.1) is 21.7 Å². The van der Waals surface area contributed by atoms with Crippen LogP contribution in [0.15, 0.2) is 51.8 Å². The molecule has 1 aromatic heterocycles. The van der Waals surface area contributed by atoms with Crippen molar-refractivity contribution in [2.45, 2.75) is 52.6 Å². The van der Waals surface area contributed by atoms with Gasteiger partial charge in [-0.2, -0.15) is 0 Å². The van der Waals surface area contributed by atoms with Crippen LogP contribution in [0.25, 0.3) is 11.0 Å². The van der Waals surface area contributed by atoms with Gasteiger partial charge in [0.15, 0.2) is 11.6 Å². The van der Waals surface area contributed by atoms with Crippen molar-refractivity contribution in [3.8, 4) is 0 Å². The number of hydrogen-bond acceptors (Lipinski definition) is 4. The zero-order chi connectivity index (χ0) is 23.1. The Morgan fingerprint density at radius 3 is 1.71 bits per heavy atom. The van der Waals surface area contributed by atoms with E-state index >= 15 is 0 Å². The molecule has 0 saturated carbocycles. The molecule has 3 rings (SSSR count). The fraction of sp³-hybridized carbons (Fsp3) is 0.381. The number of rotatable bonds is 3. The zero-order valence-electron chi connectivity index (χ0n) is 18.2. The number of nitro benzene ring substituents is 1. The Morgan fingerprint density at radius 1 is 0.871 bits per heavy atom. The Morgan fingerprint density at radius 2 is 1.32 bits per heavy atom. The van der Waals surface area contributed by atoms with Crippen LogP contribution in [0.3, 0.4) is 0 Å². The number of non-ortho nitro benzene ring substituents is 1. The molecule has 31 heavy (non-hydrogen) atoms. The summed E-state index contributed by atoms with van der Waals surface area (Å²) in [6.07, 6.45) is 0. The molecule has 0 fully saturated rings. The van der Waals surface area contributed by atoms with E-state index in [1.807, 2.05) is 41.5 Å². The molecular weight excluding hydrogens is 406 g/mol. The van der Waals surface area contributed by atoms with Gasteiger partial charge < -0.3 is 9.13 Å². The fourth-order valence-electron chi connectivity index (χ4n) is 3.37. The maximum Gasteiger partial charge on any atom is 0.269 e. The highest BCUT2D eigenvalue weighted by molar-refractivity contribution is 5.77. The third-order valence-corrected chi connectivity index (χ3v) is 4.60. The number of hydrogen-bond donors (Lipinski definition) is 0. The topological polar surface area (TPSA) is 90.1 Å². The van der Waals surface area contributed by atoms with Gasteiger partial charge in [0.25, 0.3) is 5.69 Å². The van der Waals surface area contributed by atoms with E-state index in [9.17, 15) is 18.9 Å². The molecule has 8 nitrogen and oxygen atoms in total. The van der Waals surface area contributed by atoms with Crippen LogP contribution in [0.5, 0.6) is 0 Å². The number of nitro groups is 1. The highest BCUT2D eigenvalue weighted by atomic mass is 19.2. The number of nitrogens with zero attached hydrogens (tertiary/aromatic N) is 6. The monoisotopic (exact) mass is 430 g/mol. The van der Waals surface area contributed by atoms with Crippen LogP contribution >= 0.6 is 0 Å². The van der Waals surface area contributed by atoms with Crippen LogP contribution in [-0.4, -0.2) is 14.1 Å². The van der Waals surface area contributed by atoms with Gasteiger partial charge >= 0.3 is 0 Å². The standard InChI is InChI=1S/C21H24F2N6O2/c1-20(2,3)27-17-11-15(22)16(23)12-18(17)28(21(4,5)6)19(27)25-26-24-13-7-9-14(10-8-13)29(30)31/h7-12H,1-6H3. The summed E-state index contributed by atoms with van der Waals surface area (Å²) in [6.45, 7) is 11.5. The first-order valence-electron chi connectivity index (χ1n) is 9.63. The molecule has 0 aliphatic heterocycles. The Kier molecular flexibility index (Phi) is 5.51. The minimum atomic E-state index is -0.949. The molecule has 0 aliphatic rings. The van der Waals surface area contributed by atoms with Crippen molar-refractivity contribution in [2.24, 2.45) is 15.4 Å². The minimum absolute atomic E-state index is 0.0571. The molecule has 0 aliphatic carbocycles. The SMILES string of the molecule is CC(C)(C)n1c(=NN=Nc2ccc([N+](=O)[O-])cc2)n(C(C)(C)C)c2cc(F)c(F)cc21. The van der Waals surface area contributed by atoms with Crippen LogP contribution in [0.4, 0.5) is 20.2 Å². The summed E-state index contributed by atoms with van der Waals surface area (Å²) in [7, 11) is 0. The van der Waals surface area contributed by atoms with Crippen molar-refractivity contribution in [3.05, 3.63) is 63.8 Å². The predicted octanol–water partition coefficient (Wildman–Crippen LogP) is 5.74. The molecule has 2 aromatic carbocycles. The highest BCUT2D eigenvalue weighted by Gasteiger charge is 2.28. The molecule has 0 amide bonds. The molecule has 1 heterocycles. The second-order valence-electron chi connectivity index (χ2n) is 9.13. The van der Waals surface area contributed by atoms with Crippen molar-refractivity contribution >= 4 is 22.4 Å². The van der Waals surface area contributed by atoms with Crippen molar-refractivity contribution < 1.29 is 13.7 Å². The van der Waals surface area contributed by atoms with Crippen molar-refractivity contribution in [1.82, 2.24) is 9.13 Å². The van der Waals surface area contributed by atoms with Gasteiger partial charge in [0.2, 0.25) is 5.62 Å². The lowest BCUT2D eigenvalue weighted by Gasteiger charge is -2.24. The summed E-state index contributed by atoms with van der Waals surface area (Å²) in [5.41, 5.74) is 0.592. The van der Waals surface area contributed by atoms with Crippen molar-refractivity contribution in [2.75, 3.05) is 0 Å². The maximum atomic E-state index is 14.1. The van der Waals surface area contributed by atoms with Crippen molar-refractivity contribution in [3.63, 3.8) is 0 Å². The lowest BCUT2D eigenvalue weighted by Crippen LogP contribution is -2.40. The third-order valence-electron chi connectivity index (χ3n) is 4.60. The lowest BCUT2D eigenvalue weighted by molar-refractivity contribution is -0.384. The molecule has 0 saturated heterocycles. The largest absolute Gasteiger partial charge is 0.303 e. The van der Waals surface area contributed by atoms with E-state index in [0.717, 1.165) is 12.1 Å².